The van der Waals surface area contributed by atoms with E-state index in [2.05, 4.69) is 67.0 Å². The van der Waals surface area contributed by atoms with Crippen LogP contribution in [0.5, 0.6) is 0 Å². The highest BCUT2D eigenvalue weighted by Crippen LogP contribution is 2.20. The van der Waals surface area contributed by atoms with Gasteiger partial charge in [0.1, 0.15) is 0 Å². The number of rotatable bonds is 5. The molecule has 2 aromatic rings. The van der Waals surface area contributed by atoms with Crippen molar-refractivity contribution in [3.8, 4) is 0 Å². The lowest BCUT2D eigenvalue weighted by molar-refractivity contribution is 0.543. The van der Waals surface area contributed by atoms with Crippen molar-refractivity contribution in [1.29, 1.82) is 0 Å². The summed E-state index contributed by atoms with van der Waals surface area (Å²) in [5.74, 6) is 0.554. The lowest BCUT2D eigenvalue weighted by Gasteiger charge is -2.17. The Morgan fingerprint density at radius 3 is 2.47 bits per heavy atom. The van der Waals surface area contributed by atoms with E-state index < -0.39 is 0 Å². The van der Waals surface area contributed by atoms with Gasteiger partial charge in [-0.2, -0.15) is 0 Å². The second-order valence-corrected chi connectivity index (χ2v) is 5.44. The first-order valence-electron chi connectivity index (χ1n) is 6.09. The Morgan fingerprint density at radius 2 is 1.82 bits per heavy atom. The molecule has 0 spiro atoms. The number of benzene rings is 1. The van der Waals surface area contributed by atoms with Crippen molar-refractivity contribution in [2.45, 2.75) is 25.8 Å². The van der Waals surface area contributed by atoms with E-state index in [0.717, 1.165) is 6.54 Å². The molecule has 0 aliphatic heterocycles. The van der Waals surface area contributed by atoms with Gasteiger partial charge in [-0.15, -0.1) is 11.3 Å². The molecule has 2 heteroatoms. The fourth-order valence-electron chi connectivity index (χ4n) is 1.89. The van der Waals surface area contributed by atoms with Crippen molar-refractivity contribution in [2.75, 3.05) is 6.54 Å². The van der Waals surface area contributed by atoms with Crippen molar-refractivity contribution in [3.05, 3.63) is 58.3 Å². The molecule has 1 unspecified atom stereocenters. The first-order valence-corrected chi connectivity index (χ1v) is 6.97. The van der Waals surface area contributed by atoms with Crippen LogP contribution in [-0.2, 0) is 0 Å². The molecule has 1 N–H and O–H groups in total. The average molecular weight is 245 g/mol. The van der Waals surface area contributed by atoms with Crippen LogP contribution in [0.4, 0.5) is 0 Å². The van der Waals surface area contributed by atoms with Gasteiger partial charge in [0.05, 0.1) is 0 Å². The van der Waals surface area contributed by atoms with Crippen molar-refractivity contribution in [2.24, 2.45) is 0 Å². The van der Waals surface area contributed by atoms with E-state index in [9.17, 15) is 0 Å². The average Bonchev–Trinajstić information content (AvgIpc) is 2.90. The van der Waals surface area contributed by atoms with Gasteiger partial charge in [0.2, 0.25) is 0 Å². The van der Waals surface area contributed by atoms with Crippen LogP contribution in [0.3, 0.4) is 0 Å². The summed E-state index contributed by atoms with van der Waals surface area (Å²) in [6.45, 7) is 5.51. The summed E-state index contributed by atoms with van der Waals surface area (Å²) in [6.07, 6.45) is 0. The third-order valence-electron chi connectivity index (χ3n) is 3.07. The fraction of sp³-hybridized carbons (Fsp3) is 0.333. The SMILES string of the molecule is CC(CN[C@H](C)c1cccs1)c1ccccc1. The maximum Gasteiger partial charge on any atom is 0.0386 e. The van der Waals surface area contributed by atoms with Crippen LogP contribution in [0.2, 0.25) is 0 Å². The molecule has 2 atom stereocenters. The van der Waals surface area contributed by atoms with Crippen molar-refractivity contribution >= 4 is 11.3 Å². The quantitative estimate of drug-likeness (QED) is 0.832. The summed E-state index contributed by atoms with van der Waals surface area (Å²) in [6, 6.07) is 15.4. The van der Waals surface area contributed by atoms with Crippen molar-refractivity contribution in [1.82, 2.24) is 5.32 Å². The van der Waals surface area contributed by atoms with Gasteiger partial charge < -0.3 is 5.32 Å². The highest BCUT2D eigenvalue weighted by atomic mass is 32.1. The van der Waals surface area contributed by atoms with Crippen LogP contribution in [0.25, 0.3) is 0 Å². The summed E-state index contributed by atoms with van der Waals surface area (Å²) in [4.78, 5) is 1.41. The largest absolute Gasteiger partial charge is 0.309 e. The lowest BCUT2D eigenvalue weighted by Crippen LogP contribution is -2.22. The Hall–Kier alpha value is -1.12. The highest BCUT2D eigenvalue weighted by Gasteiger charge is 2.09. The Kier molecular flexibility index (Phi) is 4.35. The molecule has 0 bridgehead atoms. The van der Waals surface area contributed by atoms with Crippen LogP contribution in [0.15, 0.2) is 47.8 Å². The van der Waals surface area contributed by atoms with Gasteiger partial charge in [0, 0.05) is 17.5 Å². The van der Waals surface area contributed by atoms with Crippen LogP contribution >= 0.6 is 11.3 Å². The normalized spacial score (nSPS) is 14.5. The molecule has 0 aliphatic carbocycles. The summed E-state index contributed by atoms with van der Waals surface area (Å²) in [5.41, 5.74) is 1.40. The zero-order chi connectivity index (χ0) is 12.1. The summed E-state index contributed by atoms with van der Waals surface area (Å²) in [5, 5.41) is 5.73. The minimum absolute atomic E-state index is 0.446. The molecule has 90 valence electrons. The maximum absolute atomic E-state index is 3.59. The van der Waals surface area contributed by atoms with Gasteiger partial charge in [-0.25, -0.2) is 0 Å². The Balaban J connectivity index is 1.86. The highest BCUT2D eigenvalue weighted by molar-refractivity contribution is 7.10. The van der Waals surface area contributed by atoms with Crippen molar-refractivity contribution in [3.63, 3.8) is 0 Å². The third kappa shape index (κ3) is 3.42. The van der Waals surface area contributed by atoms with E-state index in [1.165, 1.54) is 10.4 Å². The molecule has 2 rings (SSSR count). The molecule has 0 amide bonds. The van der Waals surface area contributed by atoms with Gasteiger partial charge >= 0.3 is 0 Å². The van der Waals surface area contributed by atoms with Gasteiger partial charge in [0.25, 0.3) is 0 Å². The number of hydrogen-bond donors (Lipinski definition) is 1. The zero-order valence-corrected chi connectivity index (χ0v) is 11.2. The summed E-state index contributed by atoms with van der Waals surface area (Å²) < 4.78 is 0. The van der Waals surface area contributed by atoms with E-state index in [0.29, 0.717) is 12.0 Å². The fourth-order valence-corrected chi connectivity index (χ4v) is 2.65. The topological polar surface area (TPSA) is 12.0 Å². The third-order valence-corrected chi connectivity index (χ3v) is 4.12. The zero-order valence-electron chi connectivity index (χ0n) is 10.4. The molecule has 1 heterocycles. The smallest absolute Gasteiger partial charge is 0.0386 e. The molecule has 0 saturated carbocycles. The predicted octanol–water partition coefficient (Wildman–Crippen LogP) is 4.20. The minimum atomic E-state index is 0.446. The van der Waals surface area contributed by atoms with Crippen LogP contribution < -0.4 is 5.32 Å². The van der Waals surface area contributed by atoms with Crippen molar-refractivity contribution < 1.29 is 0 Å². The van der Waals surface area contributed by atoms with E-state index in [-0.39, 0.29) is 0 Å². The van der Waals surface area contributed by atoms with Gasteiger partial charge in [-0.05, 0) is 29.9 Å². The predicted molar refractivity (Wildman–Crippen MR) is 75.6 cm³/mol. The molecule has 0 saturated heterocycles. The molecule has 1 aromatic carbocycles. The second kappa shape index (κ2) is 5.99. The minimum Gasteiger partial charge on any atom is -0.309 e. The summed E-state index contributed by atoms with van der Waals surface area (Å²) in [7, 11) is 0. The Labute approximate surface area is 108 Å². The molecule has 0 aliphatic rings. The van der Waals surface area contributed by atoms with Crippen LogP contribution in [0, 0.1) is 0 Å². The standard InChI is InChI=1S/C15H19NS/c1-12(14-7-4-3-5-8-14)11-16-13(2)15-9-6-10-17-15/h3-10,12-13,16H,11H2,1-2H3/t12?,13-/m1/s1. The molecule has 0 fully saturated rings. The Bertz CT molecular complexity index is 421. The number of nitrogens with one attached hydrogen (secondary N) is 1. The molecule has 0 radical (unpaired) electrons. The van der Waals surface area contributed by atoms with E-state index in [4.69, 9.17) is 0 Å². The second-order valence-electron chi connectivity index (χ2n) is 4.46. The Morgan fingerprint density at radius 1 is 1.06 bits per heavy atom. The number of thiophene rings is 1. The molecule has 17 heavy (non-hydrogen) atoms. The first-order chi connectivity index (χ1) is 8.27. The molecular formula is C15H19NS. The van der Waals surface area contributed by atoms with Gasteiger partial charge in [-0.3, -0.25) is 0 Å². The first kappa shape index (κ1) is 12.3. The van der Waals surface area contributed by atoms with E-state index in [1.54, 1.807) is 0 Å². The van der Waals surface area contributed by atoms with Gasteiger partial charge in [0.15, 0.2) is 0 Å². The summed E-state index contributed by atoms with van der Waals surface area (Å²) >= 11 is 1.82. The number of hydrogen-bond acceptors (Lipinski definition) is 2. The molecular weight excluding hydrogens is 226 g/mol. The maximum atomic E-state index is 3.59. The molecule has 1 nitrogen and oxygen atoms in total. The van der Waals surface area contributed by atoms with Crippen LogP contribution in [-0.4, -0.2) is 6.54 Å². The lowest BCUT2D eigenvalue weighted by atomic mass is 10.0. The molecule has 1 aromatic heterocycles. The monoisotopic (exact) mass is 245 g/mol. The van der Waals surface area contributed by atoms with Crippen LogP contribution in [0.1, 0.15) is 36.2 Å². The van der Waals surface area contributed by atoms with E-state index >= 15 is 0 Å². The van der Waals surface area contributed by atoms with Gasteiger partial charge in [-0.1, -0.05) is 43.3 Å². The van der Waals surface area contributed by atoms with E-state index in [1.807, 2.05) is 11.3 Å².